The van der Waals surface area contributed by atoms with E-state index in [-0.39, 0.29) is 0 Å². The van der Waals surface area contributed by atoms with Gasteiger partial charge in [-0.3, -0.25) is 25.0 Å². The van der Waals surface area contributed by atoms with Crippen molar-refractivity contribution >= 4 is 30.1 Å². The second kappa shape index (κ2) is 19.8. The van der Waals surface area contributed by atoms with E-state index in [0.717, 1.165) is 43.8 Å². The zero-order valence-corrected chi connectivity index (χ0v) is 23.0. The molecule has 0 saturated carbocycles. The Morgan fingerprint density at radius 3 is 1.78 bits per heavy atom. The van der Waals surface area contributed by atoms with Crippen LogP contribution in [0, 0.1) is 0 Å². The first-order valence-corrected chi connectivity index (χ1v) is 12.6. The van der Waals surface area contributed by atoms with Gasteiger partial charge in [-0.25, -0.2) is 0 Å². The summed E-state index contributed by atoms with van der Waals surface area (Å²) in [7, 11) is 0. The second-order valence-electron chi connectivity index (χ2n) is 8.89. The summed E-state index contributed by atoms with van der Waals surface area (Å²) < 4.78 is 0. The lowest BCUT2D eigenvalue weighted by Gasteiger charge is -1.78. The molecule has 6 aliphatic rings. The lowest BCUT2D eigenvalue weighted by atomic mass is 10.3. The fourth-order valence-corrected chi connectivity index (χ4v) is 2.81. The maximum Gasteiger partial charge on any atom is 0.0600 e. The van der Waals surface area contributed by atoms with E-state index in [1.165, 1.54) is 28.9 Å². The van der Waals surface area contributed by atoms with E-state index in [0.29, 0.717) is 0 Å². The predicted octanol–water partition coefficient (Wildman–Crippen LogP) is 8.02. The van der Waals surface area contributed by atoms with Crippen LogP contribution in [-0.2, 0) is 0 Å². The highest BCUT2D eigenvalue weighted by molar-refractivity contribution is 5.94. The van der Waals surface area contributed by atoms with Crippen LogP contribution >= 0.6 is 0 Å². The van der Waals surface area contributed by atoms with Gasteiger partial charge < -0.3 is 0 Å². The molecule has 5 heterocycles. The third-order valence-corrected chi connectivity index (χ3v) is 5.01. The van der Waals surface area contributed by atoms with Crippen molar-refractivity contribution in [3.05, 3.63) is 83.4 Å². The highest BCUT2D eigenvalue weighted by Crippen LogP contribution is 2.06. The normalized spacial score (nSPS) is 18.5. The SMILES string of the molecule is CC1=CC=CC1.CC1=CC=NC1.CC1=CCC=N1.CC1=CN=CC1.CC1=NC=CC1.CC1=NCC=C1. The Hall–Kier alpha value is -3.47. The van der Waals surface area contributed by atoms with Crippen LogP contribution in [0.1, 0.15) is 67.2 Å². The number of rotatable bonds is 0. The Labute approximate surface area is 218 Å². The highest BCUT2D eigenvalue weighted by Gasteiger charge is 1.89. The molecular formula is C31H43N5. The van der Waals surface area contributed by atoms with Gasteiger partial charge in [-0.2, -0.15) is 0 Å². The van der Waals surface area contributed by atoms with Crippen LogP contribution in [0.4, 0.5) is 0 Å². The van der Waals surface area contributed by atoms with Gasteiger partial charge in [-0.05, 0) is 65.7 Å². The van der Waals surface area contributed by atoms with Gasteiger partial charge in [0.05, 0.1) is 13.1 Å². The summed E-state index contributed by atoms with van der Waals surface area (Å²) in [4.78, 5) is 19.8. The van der Waals surface area contributed by atoms with Crippen LogP contribution in [0.3, 0.4) is 0 Å². The molecule has 0 unspecified atom stereocenters. The summed E-state index contributed by atoms with van der Waals surface area (Å²) in [5, 5.41) is 0. The highest BCUT2D eigenvalue weighted by atomic mass is 14.7. The van der Waals surface area contributed by atoms with E-state index in [1.807, 2.05) is 64.0 Å². The van der Waals surface area contributed by atoms with Crippen LogP contribution in [0.15, 0.2) is 108 Å². The van der Waals surface area contributed by atoms with Crippen molar-refractivity contribution in [3.63, 3.8) is 0 Å². The smallest absolute Gasteiger partial charge is 0.0600 e. The molecule has 0 aromatic rings. The Bertz CT molecular complexity index is 889. The van der Waals surface area contributed by atoms with E-state index in [2.05, 4.69) is 82.2 Å². The lowest BCUT2D eigenvalue weighted by Crippen LogP contribution is -1.78. The molecule has 5 heteroatoms. The average Bonchev–Trinajstić information content (AvgIpc) is 3.67. The van der Waals surface area contributed by atoms with E-state index in [1.54, 1.807) is 0 Å². The number of allylic oxidation sites excluding steroid dienone is 10. The maximum absolute atomic E-state index is 4.04. The molecule has 0 fully saturated rings. The minimum absolute atomic E-state index is 0.895. The van der Waals surface area contributed by atoms with Crippen molar-refractivity contribution in [2.45, 2.75) is 67.2 Å². The average molecular weight is 486 g/mol. The molecule has 5 nitrogen and oxygen atoms in total. The molecule has 1 aliphatic carbocycles. The molecule has 0 N–H and O–H groups in total. The monoisotopic (exact) mass is 485 g/mol. The lowest BCUT2D eigenvalue weighted by molar-refractivity contribution is 1.18. The molecule has 192 valence electrons. The van der Waals surface area contributed by atoms with Gasteiger partial charge in [0.25, 0.3) is 0 Å². The van der Waals surface area contributed by atoms with Crippen LogP contribution in [-0.4, -0.2) is 43.2 Å². The summed E-state index contributed by atoms with van der Waals surface area (Å²) in [6.07, 6.45) is 30.4. The second-order valence-corrected chi connectivity index (χ2v) is 8.89. The summed E-state index contributed by atoms with van der Waals surface area (Å²) in [6.45, 7) is 14.1. The topological polar surface area (TPSA) is 61.8 Å². The first kappa shape index (κ1) is 30.6. The number of hydrogen-bond donors (Lipinski definition) is 0. The van der Waals surface area contributed by atoms with E-state index in [9.17, 15) is 0 Å². The molecular weight excluding hydrogens is 442 g/mol. The fraction of sp³-hybridized carbons (Fsp3) is 0.387. The van der Waals surface area contributed by atoms with Crippen molar-refractivity contribution < 1.29 is 0 Å². The van der Waals surface area contributed by atoms with Crippen molar-refractivity contribution in [1.29, 1.82) is 0 Å². The molecule has 0 aromatic heterocycles. The van der Waals surface area contributed by atoms with Gasteiger partial charge in [0.1, 0.15) is 0 Å². The van der Waals surface area contributed by atoms with Gasteiger partial charge in [0.15, 0.2) is 0 Å². The quantitative estimate of drug-likeness (QED) is 0.333. The molecule has 0 saturated heterocycles. The summed E-state index contributed by atoms with van der Waals surface area (Å²) in [5.41, 5.74) is 7.69. The van der Waals surface area contributed by atoms with Crippen molar-refractivity contribution in [2.24, 2.45) is 25.0 Å². The van der Waals surface area contributed by atoms with Crippen molar-refractivity contribution in [2.75, 3.05) is 13.1 Å². The van der Waals surface area contributed by atoms with Crippen molar-refractivity contribution in [1.82, 2.24) is 0 Å². The number of nitrogens with zero attached hydrogens (tertiary/aromatic N) is 5. The zero-order chi connectivity index (χ0) is 26.4. The standard InChI is InChI=1S/C6H8.5C5H7N/c1-6-4-2-3-5-6;2*1-5-2-3-6-4-5;3*1-5-3-2-4-6-5/h2-4H,5H2,1H3;3-4H,2H2,1H3;2-3H,4H2,1H3;3-4H,2H2,1H3;2,4H,3H2,1H3;2-3H,4H2,1H3. The van der Waals surface area contributed by atoms with E-state index in [4.69, 9.17) is 0 Å². The Kier molecular flexibility index (Phi) is 16.8. The summed E-state index contributed by atoms with van der Waals surface area (Å²) >= 11 is 0. The Morgan fingerprint density at radius 2 is 1.61 bits per heavy atom. The van der Waals surface area contributed by atoms with Gasteiger partial charge in [0, 0.05) is 67.4 Å². The molecule has 0 spiro atoms. The molecule has 6 rings (SSSR count). The third-order valence-electron chi connectivity index (χ3n) is 5.01. The van der Waals surface area contributed by atoms with E-state index >= 15 is 0 Å². The largest absolute Gasteiger partial charge is 0.289 e. The molecule has 0 bridgehead atoms. The number of aliphatic imine (C=N–C) groups is 5. The first-order valence-electron chi connectivity index (χ1n) is 12.6. The van der Waals surface area contributed by atoms with Gasteiger partial charge in [0.2, 0.25) is 0 Å². The fourth-order valence-electron chi connectivity index (χ4n) is 2.81. The predicted molar refractivity (Wildman–Crippen MR) is 162 cm³/mol. The van der Waals surface area contributed by atoms with Crippen LogP contribution in [0.25, 0.3) is 0 Å². The molecule has 36 heavy (non-hydrogen) atoms. The number of hydrogen-bond acceptors (Lipinski definition) is 5. The molecule has 0 aromatic carbocycles. The van der Waals surface area contributed by atoms with Gasteiger partial charge >= 0.3 is 0 Å². The van der Waals surface area contributed by atoms with Crippen LogP contribution in [0.5, 0.6) is 0 Å². The minimum atomic E-state index is 0.895. The zero-order valence-electron chi connectivity index (χ0n) is 23.0. The molecule has 0 amide bonds. The molecule has 5 aliphatic heterocycles. The maximum atomic E-state index is 4.04. The molecule has 0 atom stereocenters. The van der Waals surface area contributed by atoms with Gasteiger partial charge in [-0.1, -0.05) is 47.6 Å². The van der Waals surface area contributed by atoms with Crippen LogP contribution in [0.2, 0.25) is 0 Å². The van der Waals surface area contributed by atoms with Crippen LogP contribution < -0.4 is 0 Å². The molecule has 0 radical (unpaired) electrons. The van der Waals surface area contributed by atoms with E-state index < -0.39 is 0 Å². The first-order chi connectivity index (χ1) is 17.4. The summed E-state index contributed by atoms with van der Waals surface area (Å²) in [5.74, 6) is 0. The Balaban J connectivity index is 0.000000216. The third kappa shape index (κ3) is 17.9. The van der Waals surface area contributed by atoms with Gasteiger partial charge in [-0.15, -0.1) is 0 Å². The van der Waals surface area contributed by atoms with Crippen molar-refractivity contribution in [3.8, 4) is 0 Å². The minimum Gasteiger partial charge on any atom is -0.289 e. The summed E-state index contributed by atoms with van der Waals surface area (Å²) in [6, 6.07) is 0. The Morgan fingerprint density at radius 1 is 0.778 bits per heavy atom.